The van der Waals surface area contributed by atoms with Crippen molar-refractivity contribution >= 4 is 23.0 Å². The van der Waals surface area contributed by atoms with Gasteiger partial charge in [0.25, 0.3) is 0 Å². The van der Waals surface area contributed by atoms with Crippen LogP contribution in [0.4, 0.5) is 5.82 Å². The van der Waals surface area contributed by atoms with Crippen molar-refractivity contribution in [2.24, 2.45) is 11.7 Å². The Hall–Kier alpha value is -1.16. The molecule has 0 spiro atoms. The summed E-state index contributed by atoms with van der Waals surface area (Å²) in [6, 6.07) is 3.84. The van der Waals surface area contributed by atoms with Gasteiger partial charge in [0.1, 0.15) is 10.8 Å². The van der Waals surface area contributed by atoms with Crippen LogP contribution in [0.2, 0.25) is 0 Å². The molecule has 3 N–H and O–H groups in total. The van der Waals surface area contributed by atoms with Crippen LogP contribution < -0.4 is 11.1 Å². The van der Waals surface area contributed by atoms with Gasteiger partial charge in [0.05, 0.1) is 0 Å². The molecule has 2 rings (SSSR count). The summed E-state index contributed by atoms with van der Waals surface area (Å²) in [4.78, 5) is 4.85. The SMILES string of the molecule is Cc1cc(C(N)=S)cc(NCC2CCC2)n1. The molecule has 1 aromatic rings. The van der Waals surface area contributed by atoms with Crippen molar-refractivity contribution in [3.05, 3.63) is 23.4 Å². The monoisotopic (exact) mass is 235 g/mol. The van der Waals surface area contributed by atoms with Crippen LogP contribution in [-0.4, -0.2) is 16.5 Å². The van der Waals surface area contributed by atoms with Crippen LogP contribution in [0.3, 0.4) is 0 Å². The molecule has 1 aliphatic rings. The van der Waals surface area contributed by atoms with E-state index in [4.69, 9.17) is 18.0 Å². The topological polar surface area (TPSA) is 50.9 Å². The number of thiocarbonyl (C=S) groups is 1. The second-order valence-corrected chi connectivity index (χ2v) is 4.86. The highest BCUT2D eigenvalue weighted by atomic mass is 32.1. The first-order valence-electron chi connectivity index (χ1n) is 5.67. The first-order valence-corrected chi connectivity index (χ1v) is 6.08. The van der Waals surface area contributed by atoms with Gasteiger partial charge in [0.15, 0.2) is 0 Å². The fraction of sp³-hybridized carbons (Fsp3) is 0.500. The van der Waals surface area contributed by atoms with Gasteiger partial charge >= 0.3 is 0 Å². The smallest absolute Gasteiger partial charge is 0.126 e. The summed E-state index contributed by atoms with van der Waals surface area (Å²) in [5, 5.41) is 3.36. The number of aryl methyl sites for hydroxylation is 1. The highest BCUT2D eigenvalue weighted by molar-refractivity contribution is 7.80. The standard InChI is InChI=1S/C12H17N3S/c1-8-5-10(12(13)16)6-11(15-8)14-7-9-3-2-4-9/h5-6,9H,2-4,7H2,1H3,(H2,13,16)(H,14,15). The molecule has 0 radical (unpaired) electrons. The maximum atomic E-state index is 5.62. The minimum absolute atomic E-state index is 0.428. The van der Waals surface area contributed by atoms with E-state index in [0.717, 1.165) is 29.5 Å². The van der Waals surface area contributed by atoms with Crippen molar-refractivity contribution in [3.8, 4) is 0 Å². The predicted octanol–water partition coefficient (Wildman–Crippen LogP) is 2.24. The highest BCUT2D eigenvalue weighted by Gasteiger charge is 2.16. The summed E-state index contributed by atoms with van der Waals surface area (Å²) in [5.74, 6) is 1.70. The molecule has 0 bridgehead atoms. The van der Waals surface area contributed by atoms with E-state index in [-0.39, 0.29) is 0 Å². The maximum Gasteiger partial charge on any atom is 0.126 e. The van der Waals surface area contributed by atoms with Crippen LogP contribution >= 0.6 is 12.2 Å². The van der Waals surface area contributed by atoms with Gasteiger partial charge in [-0.1, -0.05) is 18.6 Å². The molecule has 0 saturated heterocycles. The van der Waals surface area contributed by atoms with Gasteiger partial charge in [0, 0.05) is 17.8 Å². The average molecular weight is 235 g/mol. The van der Waals surface area contributed by atoms with Crippen molar-refractivity contribution in [2.75, 3.05) is 11.9 Å². The number of pyridine rings is 1. The minimum Gasteiger partial charge on any atom is -0.389 e. The van der Waals surface area contributed by atoms with E-state index in [1.54, 1.807) is 0 Å². The van der Waals surface area contributed by atoms with Gasteiger partial charge in [-0.15, -0.1) is 0 Å². The van der Waals surface area contributed by atoms with Gasteiger partial charge in [-0.2, -0.15) is 0 Å². The lowest BCUT2D eigenvalue weighted by Crippen LogP contribution is -2.21. The van der Waals surface area contributed by atoms with Gasteiger partial charge in [-0.3, -0.25) is 0 Å². The molecule has 0 aromatic carbocycles. The molecule has 86 valence electrons. The Labute approximate surface area is 101 Å². The molecule has 3 nitrogen and oxygen atoms in total. The third-order valence-electron chi connectivity index (χ3n) is 3.03. The summed E-state index contributed by atoms with van der Waals surface area (Å²) < 4.78 is 0. The lowest BCUT2D eigenvalue weighted by atomic mass is 9.85. The van der Waals surface area contributed by atoms with E-state index in [1.807, 2.05) is 19.1 Å². The van der Waals surface area contributed by atoms with E-state index in [2.05, 4.69) is 10.3 Å². The van der Waals surface area contributed by atoms with Crippen molar-refractivity contribution < 1.29 is 0 Å². The molecule has 1 saturated carbocycles. The normalized spacial score (nSPS) is 15.6. The third-order valence-corrected chi connectivity index (χ3v) is 3.27. The molecule has 1 aliphatic carbocycles. The Kier molecular flexibility index (Phi) is 3.39. The van der Waals surface area contributed by atoms with Gasteiger partial charge in [-0.05, 0) is 37.8 Å². The van der Waals surface area contributed by atoms with Crippen molar-refractivity contribution in [1.29, 1.82) is 0 Å². The molecule has 0 atom stereocenters. The highest BCUT2D eigenvalue weighted by Crippen LogP contribution is 2.26. The van der Waals surface area contributed by atoms with Crippen LogP contribution in [0, 0.1) is 12.8 Å². The molecule has 1 aromatic heterocycles. The van der Waals surface area contributed by atoms with E-state index in [1.165, 1.54) is 19.3 Å². The zero-order chi connectivity index (χ0) is 11.5. The Morgan fingerprint density at radius 1 is 1.56 bits per heavy atom. The quantitative estimate of drug-likeness (QED) is 0.786. The second kappa shape index (κ2) is 4.78. The summed E-state index contributed by atoms with van der Waals surface area (Å²) in [5.41, 5.74) is 7.45. The van der Waals surface area contributed by atoms with Gasteiger partial charge in [-0.25, -0.2) is 4.98 Å². The first kappa shape index (κ1) is 11.3. The molecule has 0 amide bonds. The minimum atomic E-state index is 0.428. The van der Waals surface area contributed by atoms with Crippen LogP contribution in [0.15, 0.2) is 12.1 Å². The lowest BCUT2D eigenvalue weighted by Gasteiger charge is -2.25. The molecule has 4 heteroatoms. The maximum absolute atomic E-state index is 5.62. The Morgan fingerprint density at radius 2 is 2.31 bits per heavy atom. The predicted molar refractivity (Wildman–Crippen MR) is 70.7 cm³/mol. The number of hydrogen-bond donors (Lipinski definition) is 2. The number of nitrogens with two attached hydrogens (primary N) is 1. The van der Waals surface area contributed by atoms with E-state index < -0.39 is 0 Å². The first-order chi connectivity index (χ1) is 7.65. The van der Waals surface area contributed by atoms with Gasteiger partial charge in [0.2, 0.25) is 0 Å². The van der Waals surface area contributed by atoms with Crippen molar-refractivity contribution in [2.45, 2.75) is 26.2 Å². The Morgan fingerprint density at radius 3 is 2.88 bits per heavy atom. The number of hydrogen-bond acceptors (Lipinski definition) is 3. The zero-order valence-electron chi connectivity index (χ0n) is 9.49. The number of anilines is 1. The zero-order valence-corrected chi connectivity index (χ0v) is 10.3. The Bertz CT molecular complexity index is 399. The van der Waals surface area contributed by atoms with Crippen LogP contribution in [0.5, 0.6) is 0 Å². The number of nitrogens with one attached hydrogen (secondary N) is 1. The molecule has 0 unspecified atom stereocenters. The molecule has 1 heterocycles. The van der Waals surface area contributed by atoms with Gasteiger partial charge < -0.3 is 11.1 Å². The van der Waals surface area contributed by atoms with Crippen LogP contribution in [0.25, 0.3) is 0 Å². The molecular formula is C12H17N3S. The summed E-state index contributed by atoms with van der Waals surface area (Å²) in [7, 11) is 0. The second-order valence-electron chi connectivity index (χ2n) is 4.42. The Balaban J connectivity index is 2.04. The number of rotatable bonds is 4. The van der Waals surface area contributed by atoms with E-state index in [0.29, 0.717) is 4.99 Å². The molecular weight excluding hydrogens is 218 g/mol. The lowest BCUT2D eigenvalue weighted by molar-refractivity contribution is 0.333. The number of aromatic nitrogens is 1. The fourth-order valence-electron chi connectivity index (χ4n) is 1.85. The summed E-state index contributed by atoms with van der Waals surface area (Å²) >= 11 is 4.97. The van der Waals surface area contributed by atoms with Crippen LogP contribution in [-0.2, 0) is 0 Å². The van der Waals surface area contributed by atoms with Crippen molar-refractivity contribution in [1.82, 2.24) is 4.98 Å². The summed E-state index contributed by atoms with van der Waals surface area (Å²) in [6.07, 6.45) is 4.04. The average Bonchev–Trinajstić information content (AvgIpc) is 2.14. The van der Waals surface area contributed by atoms with E-state index in [9.17, 15) is 0 Å². The van der Waals surface area contributed by atoms with Crippen molar-refractivity contribution in [3.63, 3.8) is 0 Å². The summed E-state index contributed by atoms with van der Waals surface area (Å²) in [6.45, 7) is 2.96. The van der Waals surface area contributed by atoms with Crippen LogP contribution in [0.1, 0.15) is 30.5 Å². The fourth-order valence-corrected chi connectivity index (χ4v) is 1.97. The third kappa shape index (κ3) is 2.70. The number of nitrogens with zero attached hydrogens (tertiary/aromatic N) is 1. The van der Waals surface area contributed by atoms with E-state index >= 15 is 0 Å². The molecule has 16 heavy (non-hydrogen) atoms. The molecule has 1 fully saturated rings. The largest absolute Gasteiger partial charge is 0.389 e. The molecule has 0 aliphatic heterocycles.